The smallest absolute Gasteiger partial charge is 0.242 e. The molecule has 0 spiro atoms. The number of hydrogen-bond acceptors (Lipinski definition) is 4. The molecule has 0 radical (unpaired) electrons. The predicted molar refractivity (Wildman–Crippen MR) is 113 cm³/mol. The molecule has 3 N–H and O–H groups in total. The van der Waals surface area contributed by atoms with Gasteiger partial charge in [-0.2, -0.15) is 0 Å². The number of guanidine groups is 1. The lowest BCUT2D eigenvalue weighted by atomic mass is 10.0. The molecule has 1 atom stereocenters. The van der Waals surface area contributed by atoms with Gasteiger partial charge in [-0.1, -0.05) is 26.7 Å². The van der Waals surface area contributed by atoms with E-state index in [1.54, 1.807) is 6.26 Å². The van der Waals surface area contributed by atoms with Crippen LogP contribution in [0, 0.1) is 5.92 Å². The SMILES string of the molecule is CCNC(=NCC(=O)NCc1ccco1)NCC(C(C)C)N1CCCCCC1. The molecule has 1 aromatic heterocycles. The molecule has 1 aliphatic heterocycles. The van der Waals surface area contributed by atoms with E-state index in [4.69, 9.17) is 4.42 Å². The maximum absolute atomic E-state index is 12.1. The van der Waals surface area contributed by atoms with Crippen LogP contribution in [0.15, 0.2) is 27.8 Å². The summed E-state index contributed by atoms with van der Waals surface area (Å²) in [5.41, 5.74) is 0. The normalized spacial score (nSPS) is 17.2. The van der Waals surface area contributed by atoms with Crippen molar-refractivity contribution in [2.45, 2.75) is 59.0 Å². The van der Waals surface area contributed by atoms with Gasteiger partial charge < -0.3 is 20.4 Å². The van der Waals surface area contributed by atoms with Gasteiger partial charge in [-0.3, -0.25) is 9.69 Å². The third kappa shape index (κ3) is 7.92. The first-order valence-corrected chi connectivity index (χ1v) is 10.7. The van der Waals surface area contributed by atoms with Crippen LogP contribution in [0.25, 0.3) is 0 Å². The number of nitrogens with one attached hydrogen (secondary N) is 3. The van der Waals surface area contributed by atoms with Crippen molar-refractivity contribution in [1.82, 2.24) is 20.9 Å². The van der Waals surface area contributed by atoms with E-state index in [-0.39, 0.29) is 12.5 Å². The first-order chi connectivity index (χ1) is 13.6. The molecule has 1 fully saturated rings. The number of nitrogens with zero attached hydrogens (tertiary/aromatic N) is 2. The molecule has 1 amide bonds. The van der Waals surface area contributed by atoms with E-state index in [9.17, 15) is 4.79 Å². The van der Waals surface area contributed by atoms with Crippen LogP contribution < -0.4 is 16.0 Å². The summed E-state index contributed by atoms with van der Waals surface area (Å²) in [6.45, 7) is 11.0. The molecule has 0 saturated carbocycles. The van der Waals surface area contributed by atoms with Gasteiger partial charge in [0.1, 0.15) is 12.3 Å². The van der Waals surface area contributed by atoms with E-state index in [0.29, 0.717) is 24.5 Å². The molecule has 1 unspecified atom stereocenters. The summed E-state index contributed by atoms with van der Waals surface area (Å²) in [7, 11) is 0. The molecule has 28 heavy (non-hydrogen) atoms. The van der Waals surface area contributed by atoms with Crippen molar-refractivity contribution in [2.75, 3.05) is 32.7 Å². The van der Waals surface area contributed by atoms with Crippen molar-refractivity contribution < 1.29 is 9.21 Å². The molecular formula is C21H37N5O2. The Hall–Kier alpha value is -2.02. The van der Waals surface area contributed by atoms with Crippen molar-refractivity contribution in [3.63, 3.8) is 0 Å². The maximum atomic E-state index is 12.1. The average Bonchev–Trinajstić information content (AvgIpc) is 3.06. The summed E-state index contributed by atoms with van der Waals surface area (Å²) < 4.78 is 5.22. The first kappa shape index (κ1) is 22.3. The number of rotatable bonds is 9. The summed E-state index contributed by atoms with van der Waals surface area (Å²) >= 11 is 0. The van der Waals surface area contributed by atoms with Crippen LogP contribution in [-0.2, 0) is 11.3 Å². The van der Waals surface area contributed by atoms with Gasteiger partial charge in [0.25, 0.3) is 0 Å². The monoisotopic (exact) mass is 391 g/mol. The highest BCUT2D eigenvalue weighted by Gasteiger charge is 2.22. The lowest BCUT2D eigenvalue weighted by molar-refractivity contribution is -0.119. The number of aliphatic imine (C=N–C) groups is 1. The maximum Gasteiger partial charge on any atom is 0.242 e. The third-order valence-electron chi connectivity index (χ3n) is 5.12. The number of carbonyl (C=O) groups is 1. The Kier molecular flexibility index (Phi) is 9.90. The highest BCUT2D eigenvalue weighted by molar-refractivity contribution is 5.84. The molecule has 0 bridgehead atoms. The predicted octanol–water partition coefficient (Wildman–Crippen LogP) is 2.35. The van der Waals surface area contributed by atoms with Gasteiger partial charge in [0.05, 0.1) is 12.8 Å². The number of hydrogen-bond donors (Lipinski definition) is 3. The lowest BCUT2D eigenvalue weighted by Crippen LogP contribution is -2.50. The minimum absolute atomic E-state index is 0.0894. The van der Waals surface area contributed by atoms with Crippen LogP contribution in [0.1, 0.15) is 52.2 Å². The fraction of sp³-hybridized carbons (Fsp3) is 0.714. The average molecular weight is 392 g/mol. The second kappa shape index (κ2) is 12.4. The van der Waals surface area contributed by atoms with Gasteiger partial charge >= 0.3 is 0 Å². The first-order valence-electron chi connectivity index (χ1n) is 10.7. The Bertz CT molecular complexity index is 578. The zero-order chi connectivity index (χ0) is 20.2. The van der Waals surface area contributed by atoms with E-state index < -0.39 is 0 Å². The summed E-state index contributed by atoms with van der Waals surface area (Å²) in [6, 6.07) is 4.11. The molecule has 158 valence electrons. The van der Waals surface area contributed by atoms with Crippen molar-refractivity contribution in [3.05, 3.63) is 24.2 Å². The molecule has 1 aromatic rings. The molecule has 2 heterocycles. The highest BCUT2D eigenvalue weighted by Crippen LogP contribution is 2.17. The van der Waals surface area contributed by atoms with Crippen LogP contribution in [0.3, 0.4) is 0 Å². The molecular weight excluding hydrogens is 354 g/mol. The van der Waals surface area contributed by atoms with Gasteiger partial charge in [-0.05, 0) is 50.9 Å². The number of amides is 1. The van der Waals surface area contributed by atoms with Crippen molar-refractivity contribution in [3.8, 4) is 0 Å². The topological polar surface area (TPSA) is 81.9 Å². The highest BCUT2D eigenvalue weighted by atomic mass is 16.3. The Morgan fingerprint density at radius 2 is 1.93 bits per heavy atom. The van der Waals surface area contributed by atoms with Crippen LogP contribution in [0.2, 0.25) is 0 Å². The van der Waals surface area contributed by atoms with E-state index in [1.165, 1.54) is 38.8 Å². The quantitative estimate of drug-likeness (QED) is 0.445. The van der Waals surface area contributed by atoms with E-state index in [1.807, 2.05) is 19.1 Å². The third-order valence-corrected chi connectivity index (χ3v) is 5.12. The molecule has 1 aliphatic rings. The summed E-state index contributed by atoms with van der Waals surface area (Å²) in [5, 5.41) is 9.50. The van der Waals surface area contributed by atoms with Gasteiger partial charge in [0, 0.05) is 19.1 Å². The number of carbonyl (C=O) groups excluding carboxylic acids is 1. The minimum Gasteiger partial charge on any atom is -0.467 e. The number of likely N-dealkylation sites (tertiary alicyclic amines) is 1. The second-order valence-corrected chi connectivity index (χ2v) is 7.69. The molecule has 7 heteroatoms. The van der Waals surface area contributed by atoms with Crippen molar-refractivity contribution in [2.24, 2.45) is 10.9 Å². The second-order valence-electron chi connectivity index (χ2n) is 7.69. The fourth-order valence-corrected chi connectivity index (χ4v) is 3.56. The standard InChI is InChI=1S/C21H37N5O2/c1-4-22-21(25-16-20(27)23-14-18-10-9-13-28-18)24-15-19(17(2)3)26-11-7-5-6-8-12-26/h9-10,13,17,19H,4-8,11-12,14-16H2,1-3H3,(H,23,27)(H2,22,24,25). The molecule has 0 aromatic carbocycles. The zero-order valence-corrected chi connectivity index (χ0v) is 17.7. The summed E-state index contributed by atoms with van der Waals surface area (Å²) in [5.74, 6) is 1.86. The van der Waals surface area contributed by atoms with E-state index in [2.05, 4.69) is 39.7 Å². The van der Waals surface area contributed by atoms with Gasteiger partial charge in [-0.25, -0.2) is 4.99 Å². The summed E-state index contributed by atoms with van der Waals surface area (Å²) in [6.07, 6.45) is 6.85. The Morgan fingerprint density at radius 1 is 1.18 bits per heavy atom. The van der Waals surface area contributed by atoms with Crippen LogP contribution in [0.4, 0.5) is 0 Å². The zero-order valence-electron chi connectivity index (χ0n) is 17.7. The van der Waals surface area contributed by atoms with Gasteiger partial charge in [0.15, 0.2) is 5.96 Å². The van der Waals surface area contributed by atoms with Gasteiger partial charge in [0.2, 0.25) is 5.91 Å². The van der Waals surface area contributed by atoms with Crippen LogP contribution in [0.5, 0.6) is 0 Å². The number of furan rings is 1. The fourth-order valence-electron chi connectivity index (χ4n) is 3.56. The largest absolute Gasteiger partial charge is 0.467 e. The van der Waals surface area contributed by atoms with Crippen molar-refractivity contribution >= 4 is 11.9 Å². The molecule has 2 rings (SSSR count). The minimum atomic E-state index is -0.124. The molecule has 7 nitrogen and oxygen atoms in total. The Labute approximate surface area is 169 Å². The molecule has 0 aliphatic carbocycles. The lowest BCUT2D eigenvalue weighted by Gasteiger charge is -2.34. The van der Waals surface area contributed by atoms with Crippen LogP contribution >= 0.6 is 0 Å². The molecule has 1 saturated heterocycles. The van der Waals surface area contributed by atoms with E-state index in [0.717, 1.165) is 18.8 Å². The van der Waals surface area contributed by atoms with Crippen LogP contribution in [-0.4, -0.2) is 55.5 Å². The van der Waals surface area contributed by atoms with E-state index >= 15 is 0 Å². The summed E-state index contributed by atoms with van der Waals surface area (Å²) in [4.78, 5) is 19.1. The Balaban J connectivity index is 1.84. The Morgan fingerprint density at radius 3 is 2.54 bits per heavy atom. The van der Waals surface area contributed by atoms with Crippen molar-refractivity contribution in [1.29, 1.82) is 0 Å². The van der Waals surface area contributed by atoms with Gasteiger partial charge in [-0.15, -0.1) is 0 Å².